The average molecular weight is 364 g/mol. The van der Waals surface area contributed by atoms with E-state index in [0.29, 0.717) is 10.8 Å². The zero-order valence-corrected chi connectivity index (χ0v) is 14.4. The molecule has 0 aliphatic carbocycles. The summed E-state index contributed by atoms with van der Waals surface area (Å²) in [7, 11) is -3.57. The second-order valence-corrected chi connectivity index (χ2v) is 8.14. The van der Waals surface area contributed by atoms with Crippen LogP contribution in [0, 0.1) is 0 Å². The second kappa shape index (κ2) is 7.18. The minimum atomic E-state index is -3.57. The molecule has 0 aromatic heterocycles. The summed E-state index contributed by atoms with van der Waals surface area (Å²) in [6.07, 6.45) is 0.893. The summed E-state index contributed by atoms with van der Waals surface area (Å²) < 4.78 is 28.0. The normalized spacial score (nSPS) is 13.2. The molecule has 1 aromatic rings. The van der Waals surface area contributed by atoms with E-state index in [9.17, 15) is 18.0 Å². The van der Waals surface area contributed by atoms with Crippen LogP contribution in [-0.2, 0) is 19.4 Å². The van der Waals surface area contributed by atoms with Crippen LogP contribution in [0.2, 0.25) is 5.02 Å². The molecular formula is C14H18ClNO6S. The topological polar surface area (TPSA) is 110 Å². The van der Waals surface area contributed by atoms with Gasteiger partial charge in [0.15, 0.2) is 5.60 Å². The van der Waals surface area contributed by atoms with Gasteiger partial charge in [-0.1, -0.05) is 11.6 Å². The quantitative estimate of drug-likeness (QED) is 0.751. The Kier molecular flexibility index (Phi) is 6.01. The van der Waals surface area contributed by atoms with Gasteiger partial charge >= 0.3 is 5.97 Å². The molecule has 1 rings (SSSR count). The smallest absolute Gasteiger partial charge is 0.327 e. The molecule has 0 aliphatic heterocycles. The van der Waals surface area contributed by atoms with Crippen LogP contribution in [0.15, 0.2) is 24.3 Å². The molecule has 0 saturated heterocycles. The molecule has 0 unspecified atom stereocenters. The number of nitrogens with one attached hydrogen (secondary N) is 1. The fourth-order valence-electron chi connectivity index (χ4n) is 1.65. The minimum absolute atomic E-state index is 0.365. The highest BCUT2D eigenvalue weighted by atomic mass is 35.5. The molecule has 128 valence electrons. The van der Waals surface area contributed by atoms with Gasteiger partial charge in [0.25, 0.3) is 5.91 Å². The van der Waals surface area contributed by atoms with Gasteiger partial charge in [-0.3, -0.25) is 4.79 Å². The van der Waals surface area contributed by atoms with Crippen LogP contribution < -0.4 is 10.1 Å². The Labute approximate surface area is 139 Å². The zero-order valence-electron chi connectivity index (χ0n) is 12.9. The summed E-state index contributed by atoms with van der Waals surface area (Å²) >= 11 is 5.75. The lowest BCUT2D eigenvalue weighted by molar-refractivity contribution is -0.144. The zero-order chi connectivity index (χ0) is 17.8. The van der Waals surface area contributed by atoms with Gasteiger partial charge in [-0.15, -0.1) is 0 Å². The number of carboxylic acids is 1. The van der Waals surface area contributed by atoms with Gasteiger partial charge in [-0.2, -0.15) is 0 Å². The molecule has 0 saturated carbocycles. The Morgan fingerprint density at radius 1 is 1.30 bits per heavy atom. The van der Waals surface area contributed by atoms with Crippen molar-refractivity contribution < 1.29 is 27.9 Å². The number of amides is 1. The average Bonchev–Trinajstić information content (AvgIpc) is 2.38. The number of carbonyl (C=O) groups excluding carboxylic acids is 1. The van der Waals surface area contributed by atoms with Crippen molar-refractivity contribution in [2.45, 2.75) is 25.5 Å². The predicted octanol–water partition coefficient (Wildman–Crippen LogP) is 1.11. The van der Waals surface area contributed by atoms with Crippen molar-refractivity contribution in [1.29, 1.82) is 0 Å². The van der Waals surface area contributed by atoms with E-state index in [1.165, 1.54) is 13.8 Å². The van der Waals surface area contributed by atoms with Crippen molar-refractivity contribution in [3.05, 3.63) is 29.3 Å². The largest absolute Gasteiger partial charge is 0.480 e. The monoisotopic (exact) mass is 363 g/mol. The summed E-state index contributed by atoms with van der Waals surface area (Å²) in [5.41, 5.74) is -1.40. The van der Waals surface area contributed by atoms with Crippen LogP contribution in [-0.4, -0.2) is 49.1 Å². The van der Waals surface area contributed by atoms with Gasteiger partial charge in [0, 0.05) is 11.3 Å². The number of carboxylic acid groups (broad SMARTS) is 1. The van der Waals surface area contributed by atoms with Crippen molar-refractivity contribution in [3.8, 4) is 5.75 Å². The summed E-state index contributed by atoms with van der Waals surface area (Å²) in [6, 6.07) is 4.72. The number of sulfone groups is 1. The van der Waals surface area contributed by atoms with Gasteiger partial charge in [-0.25, -0.2) is 13.2 Å². The summed E-state index contributed by atoms with van der Waals surface area (Å²) in [5, 5.41) is 11.7. The van der Waals surface area contributed by atoms with E-state index in [4.69, 9.17) is 21.4 Å². The third-order valence-corrected chi connectivity index (χ3v) is 4.00. The van der Waals surface area contributed by atoms with E-state index < -0.39 is 39.1 Å². The fraction of sp³-hybridized carbons (Fsp3) is 0.429. The summed E-state index contributed by atoms with van der Waals surface area (Å²) in [6.45, 7) is 2.88. The SMILES string of the molecule is CC(C)(Oc1ccc(Cl)cc1)C(=O)N[C@H](CS(C)(=O)=O)C(=O)O. The Morgan fingerprint density at radius 2 is 1.83 bits per heavy atom. The van der Waals surface area contributed by atoms with Crippen LogP contribution in [0.4, 0.5) is 0 Å². The second-order valence-electron chi connectivity index (χ2n) is 5.52. The number of ether oxygens (including phenoxy) is 1. The Bertz CT molecular complexity index is 684. The van der Waals surface area contributed by atoms with Crippen LogP contribution >= 0.6 is 11.6 Å². The van der Waals surface area contributed by atoms with Crippen LogP contribution in [0.25, 0.3) is 0 Å². The van der Waals surface area contributed by atoms with E-state index in [1.807, 2.05) is 0 Å². The first-order valence-electron chi connectivity index (χ1n) is 6.57. The van der Waals surface area contributed by atoms with E-state index in [1.54, 1.807) is 24.3 Å². The van der Waals surface area contributed by atoms with Crippen molar-refractivity contribution in [3.63, 3.8) is 0 Å². The molecule has 23 heavy (non-hydrogen) atoms. The van der Waals surface area contributed by atoms with Crippen LogP contribution in [0.5, 0.6) is 5.75 Å². The molecule has 0 spiro atoms. The lowest BCUT2D eigenvalue weighted by Gasteiger charge is -2.27. The van der Waals surface area contributed by atoms with Gasteiger partial charge in [0.05, 0.1) is 5.75 Å². The molecule has 2 N–H and O–H groups in total. The highest BCUT2D eigenvalue weighted by Crippen LogP contribution is 2.21. The maximum absolute atomic E-state index is 12.2. The number of rotatable bonds is 7. The first-order chi connectivity index (χ1) is 10.4. The van der Waals surface area contributed by atoms with E-state index in [2.05, 4.69) is 5.32 Å². The predicted molar refractivity (Wildman–Crippen MR) is 85.4 cm³/mol. The van der Waals surface area contributed by atoms with E-state index in [0.717, 1.165) is 6.26 Å². The standard InChI is InChI=1S/C14H18ClNO6S/c1-14(2,22-10-6-4-9(15)5-7-10)13(19)16-11(12(17)18)8-23(3,20)21/h4-7,11H,8H2,1-3H3,(H,16,19)(H,17,18)/t11-/m1/s1. The lowest BCUT2D eigenvalue weighted by Crippen LogP contribution is -2.54. The molecule has 1 atom stereocenters. The molecule has 1 amide bonds. The Hall–Kier alpha value is -1.80. The van der Waals surface area contributed by atoms with E-state index in [-0.39, 0.29) is 0 Å². The van der Waals surface area contributed by atoms with Crippen molar-refractivity contribution in [2.75, 3.05) is 12.0 Å². The van der Waals surface area contributed by atoms with Crippen molar-refractivity contribution in [2.24, 2.45) is 0 Å². The molecule has 0 bridgehead atoms. The maximum atomic E-state index is 12.2. The first-order valence-corrected chi connectivity index (χ1v) is 9.00. The van der Waals surface area contributed by atoms with Gasteiger partial charge in [0.1, 0.15) is 21.6 Å². The lowest BCUT2D eigenvalue weighted by atomic mass is 10.1. The number of hydrogen-bond donors (Lipinski definition) is 2. The number of halogens is 1. The van der Waals surface area contributed by atoms with Gasteiger partial charge in [-0.05, 0) is 38.1 Å². The molecule has 1 aromatic carbocycles. The number of hydrogen-bond acceptors (Lipinski definition) is 5. The fourth-order valence-corrected chi connectivity index (χ4v) is 2.61. The minimum Gasteiger partial charge on any atom is -0.480 e. The molecule has 0 fully saturated rings. The van der Waals surface area contributed by atoms with Crippen LogP contribution in [0.3, 0.4) is 0 Å². The van der Waals surface area contributed by atoms with Crippen molar-refractivity contribution >= 4 is 33.3 Å². The number of aliphatic carboxylic acids is 1. The van der Waals surface area contributed by atoms with Crippen molar-refractivity contribution in [1.82, 2.24) is 5.32 Å². The summed E-state index contributed by atoms with van der Waals surface area (Å²) in [4.78, 5) is 23.3. The molecule has 0 aliphatic rings. The third kappa shape index (κ3) is 6.45. The van der Waals surface area contributed by atoms with Gasteiger partial charge < -0.3 is 15.2 Å². The Morgan fingerprint density at radius 3 is 2.26 bits per heavy atom. The third-order valence-electron chi connectivity index (χ3n) is 2.81. The molecule has 9 heteroatoms. The maximum Gasteiger partial charge on any atom is 0.327 e. The Balaban J connectivity index is 2.83. The highest BCUT2D eigenvalue weighted by Gasteiger charge is 2.34. The number of benzene rings is 1. The summed E-state index contributed by atoms with van der Waals surface area (Å²) in [5.74, 6) is -2.52. The number of carbonyl (C=O) groups is 2. The molecule has 7 nitrogen and oxygen atoms in total. The van der Waals surface area contributed by atoms with E-state index >= 15 is 0 Å². The molecule has 0 radical (unpaired) electrons. The van der Waals surface area contributed by atoms with Gasteiger partial charge in [0.2, 0.25) is 0 Å². The van der Waals surface area contributed by atoms with Crippen LogP contribution in [0.1, 0.15) is 13.8 Å². The highest BCUT2D eigenvalue weighted by molar-refractivity contribution is 7.90. The first kappa shape index (κ1) is 19.2. The molecule has 0 heterocycles. The molecular weight excluding hydrogens is 346 g/mol.